The highest BCUT2D eigenvalue weighted by atomic mass is 16.4. The van der Waals surface area contributed by atoms with Crippen LogP contribution in [0.2, 0.25) is 0 Å². The third kappa shape index (κ3) is 3.11. The maximum atomic E-state index is 10.8. The monoisotopic (exact) mass is 183 g/mol. The van der Waals surface area contributed by atoms with Gasteiger partial charge in [-0.2, -0.15) is 0 Å². The Balaban J connectivity index is 0.000000671. The summed E-state index contributed by atoms with van der Waals surface area (Å²) in [7, 11) is 0. The fraction of sp³-hybridized carbons (Fsp3) is 0.333. The summed E-state index contributed by atoms with van der Waals surface area (Å²) in [4.78, 5) is 23.4. The largest absolute Gasteiger partial charge is 0.477 e. The maximum absolute atomic E-state index is 10.8. The first-order valence-electron chi connectivity index (χ1n) is 4.04. The average molecular weight is 183 g/mol. The van der Waals surface area contributed by atoms with E-state index < -0.39 is 11.5 Å². The molecule has 0 bridgehead atoms. The molecular weight excluding hydrogens is 170 g/mol. The van der Waals surface area contributed by atoms with Gasteiger partial charge in [-0.3, -0.25) is 4.79 Å². The Labute approximate surface area is 76.2 Å². The van der Waals surface area contributed by atoms with Gasteiger partial charge in [0, 0.05) is 6.20 Å². The second-order valence-corrected chi connectivity index (χ2v) is 2.22. The second-order valence-electron chi connectivity index (χ2n) is 2.22. The Morgan fingerprint density at radius 1 is 1.46 bits per heavy atom. The van der Waals surface area contributed by atoms with E-state index in [1.807, 2.05) is 13.8 Å². The number of carbonyl (C=O) groups is 1. The molecule has 0 amide bonds. The summed E-state index contributed by atoms with van der Waals surface area (Å²) in [6.45, 7) is 5.71. The molecule has 1 aromatic rings. The molecule has 0 aliphatic carbocycles. The van der Waals surface area contributed by atoms with Gasteiger partial charge in [-0.25, -0.2) is 4.79 Å². The van der Waals surface area contributed by atoms with Crippen molar-refractivity contribution in [3.63, 3.8) is 0 Å². The number of hydrogen-bond donors (Lipinski definition) is 2. The van der Waals surface area contributed by atoms with E-state index in [2.05, 4.69) is 4.98 Å². The van der Waals surface area contributed by atoms with E-state index in [9.17, 15) is 9.59 Å². The highest BCUT2D eigenvalue weighted by Gasteiger charge is 2.06. The van der Waals surface area contributed by atoms with Gasteiger partial charge in [-0.05, 0) is 18.6 Å². The second kappa shape index (κ2) is 5.13. The zero-order chi connectivity index (χ0) is 10.4. The molecule has 0 saturated heterocycles. The number of nitrogens with one attached hydrogen (secondary N) is 1. The van der Waals surface area contributed by atoms with Gasteiger partial charge >= 0.3 is 5.97 Å². The standard InChI is InChI=1S/C7H7NO3.C2H6/c1-4-2-5(7(10)11)6(9)8-3-4;1-2/h2-3H,1H3,(H,8,9)(H,10,11);1-2H3. The van der Waals surface area contributed by atoms with Crippen LogP contribution in [0.4, 0.5) is 0 Å². The molecule has 4 heteroatoms. The maximum Gasteiger partial charge on any atom is 0.341 e. The smallest absolute Gasteiger partial charge is 0.341 e. The predicted octanol–water partition coefficient (Wildman–Crippen LogP) is 1.41. The number of carboxylic acid groups (broad SMARTS) is 1. The number of aromatic carboxylic acids is 1. The minimum Gasteiger partial charge on any atom is -0.477 e. The summed E-state index contributed by atoms with van der Waals surface area (Å²) in [6, 6.07) is 1.33. The molecular formula is C9H13NO3. The number of H-pyrrole nitrogens is 1. The van der Waals surface area contributed by atoms with Crippen molar-refractivity contribution in [2.24, 2.45) is 0 Å². The first-order valence-corrected chi connectivity index (χ1v) is 4.04. The van der Waals surface area contributed by atoms with Crippen LogP contribution < -0.4 is 5.56 Å². The number of rotatable bonds is 1. The third-order valence-electron chi connectivity index (χ3n) is 1.28. The molecule has 4 nitrogen and oxygen atoms in total. The molecule has 1 rings (SSSR count). The number of carboxylic acids is 1. The molecule has 13 heavy (non-hydrogen) atoms. The van der Waals surface area contributed by atoms with Crippen molar-refractivity contribution in [1.82, 2.24) is 4.98 Å². The van der Waals surface area contributed by atoms with Crippen LogP contribution in [0.3, 0.4) is 0 Å². The van der Waals surface area contributed by atoms with Gasteiger partial charge in [0.15, 0.2) is 0 Å². The molecule has 0 spiro atoms. The summed E-state index contributed by atoms with van der Waals surface area (Å²) >= 11 is 0. The van der Waals surface area contributed by atoms with Crippen LogP contribution in [0.1, 0.15) is 29.8 Å². The highest BCUT2D eigenvalue weighted by Crippen LogP contribution is 1.94. The fourth-order valence-corrected chi connectivity index (χ4v) is 0.751. The summed E-state index contributed by atoms with van der Waals surface area (Å²) < 4.78 is 0. The lowest BCUT2D eigenvalue weighted by Crippen LogP contribution is -2.16. The zero-order valence-electron chi connectivity index (χ0n) is 7.92. The molecule has 0 unspecified atom stereocenters. The Morgan fingerprint density at radius 3 is 2.38 bits per heavy atom. The Bertz CT molecular complexity index is 341. The van der Waals surface area contributed by atoms with Gasteiger partial charge in [0.05, 0.1) is 0 Å². The van der Waals surface area contributed by atoms with Crippen molar-refractivity contribution in [2.45, 2.75) is 20.8 Å². The molecule has 0 atom stereocenters. The molecule has 72 valence electrons. The minimum atomic E-state index is -1.20. The Hall–Kier alpha value is -1.58. The first-order chi connectivity index (χ1) is 6.11. The van der Waals surface area contributed by atoms with Gasteiger partial charge in [0.1, 0.15) is 5.56 Å². The minimum absolute atomic E-state index is 0.218. The summed E-state index contributed by atoms with van der Waals surface area (Å²) in [5, 5.41) is 8.47. The number of hydrogen-bond acceptors (Lipinski definition) is 2. The summed E-state index contributed by atoms with van der Waals surface area (Å²) in [5.41, 5.74) is -0.0601. The van der Waals surface area contributed by atoms with Crippen molar-refractivity contribution in [1.29, 1.82) is 0 Å². The first kappa shape index (κ1) is 11.4. The van der Waals surface area contributed by atoms with Crippen molar-refractivity contribution < 1.29 is 9.90 Å². The molecule has 1 heterocycles. The van der Waals surface area contributed by atoms with Crippen molar-refractivity contribution in [3.8, 4) is 0 Å². The summed E-state index contributed by atoms with van der Waals surface area (Å²) in [6.07, 6.45) is 1.47. The molecule has 0 saturated carbocycles. The number of aromatic nitrogens is 1. The molecule has 0 aromatic carbocycles. The van der Waals surface area contributed by atoms with E-state index in [-0.39, 0.29) is 5.56 Å². The van der Waals surface area contributed by atoms with Gasteiger partial charge in [0.2, 0.25) is 0 Å². The number of aromatic amines is 1. The van der Waals surface area contributed by atoms with E-state index >= 15 is 0 Å². The molecule has 0 fully saturated rings. The van der Waals surface area contributed by atoms with Gasteiger partial charge in [0.25, 0.3) is 5.56 Å². The average Bonchev–Trinajstić information content (AvgIpc) is 2.12. The lowest BCUT2D eigenvalue weighted by Gasteiger charge is -1.93. The Morgan fingerprint density at radius 2 is 2.00 bits per heavy atom. The van der Waals surface area contributed by atoms with Crippen LogP contribution >= 0.6 is 0 Å². The van der Waals surface area contributed by atoms with Gasteiger partial charge < -0.3 is 10.1 Å². The third-order valence-corrected chi connectivity index (χ3v) is 1.28. The van der Waals surface area contributed by atoms with E-state index in [4.69, 9.17) is 5.11 Å². The van der Waals surface area contributed by atoms with E-state index in [1.54, 1.807) is 6.92 Å². The van der Waals surface area contributed by atoms with Gasteiger partial charge in [-0.15, -0.1) is 0 Å². The van der Waals surface area contributed by atoms with Crippen molar-refractivity contribution >= 4 is 5.97 Å². The molecule has 2 N–H and O–H groups in total. The lowest BCUT2D eigenvalue weighted by atomic mass is 10.2. The number of pyridine rings is 1. The van der Waals surface area contributed by atoms with Crippen LogP contribution in [0.5, 0.6) is 0 Å². The molecule has 0 aliphatic heterocycles. The highest BCUT2D eigenvalue weighted by molar-refractivity contribution is 5.87. The van der Waals surface area contributed by atoms with Crippen LogP contribution in [-0.4, -0.2) is 16.1 Å². The zero-order valence-corrected chi connectivity index (χ0v) is 7.92. The van der Waals surface area contributed by atoms with E-state index in [1.165, 1.54) is 12.3 Å². The van der Waals surface area contributed by atoms with E-state index in [0.29, 0.717) is 0 Å². The molecule has 1 aromatic heterocycles. The SMILES string of the molecule is CC.Cc1c[nH]c(=O)c(C(=O)O)c1. The summed E-state index contributed by atoms with van der Waals surface area (Å²) in [5.74, 6) is -1.20. The van der Waals surface area contributed by atoms with Crippen LogP contribution in [-0.2, 0) is 0 Å². The predicted molar refractivity (Wildman–Crippen MR) is 50.1 cm³/mol. The van der Waals surface area contributed by atoms with Crippen LogP contribution in [0, 0.1) is 6.92 Å². The van der Waals surface area contributed by atoms with E-state index in [0.717, 1.165) is 5.56 Å². The fourth-order valence-electron chi connectivity index (χ4n) is 0.751. The van der Waals surface area contributed by atoms with Gasteiger partial charge in [-0.1, -0.05) is 13.8 Å². The normalized spacial score (nSPS) is 8.54. The van der Waals surface area contributed by atoms with Crippen LogP contribution in [0.15, 0.2) is 17.1 Å². The van der Waals surface area contributed by atoms with Crippen LogP contribution in [0.25, 0.3) is 0 Å². The quantitative estimate of drug-likeness (QED) is 0.691. The van der Waals surface area contributed by atoms with Crippen molar-refractivity contribution in [2.75, 3.05) is 0 Å². The van der Waals surface area contributed by atoms with Crippen molar-refractivity contribution in [3.05, 3.63) is 33.7 Å². The topological polar surface area (TPSA) is 70.2 Å². The Kier molecular flexibility index (Phi) is 4.51. The molecule has 0 aliphatic rings. The molecule has 0 radical (unpaired) electrons. The number of aryl methyl sites for hydroxylation is 1. The lowest BCUT2D eigenvalue weighted by molar-refractivity contribution is 0.0695.